The smallest absolute Gasteiger partial charge is 0.236 e. The van der Waals surface area contributed by atoms with Crippen LogP contribution < -0.4 is 38.9 Å². The molecule has 0 aliphatic heterocycles. The van der Waals surface area contributed by atoms with Crippen molar-refractivity contribution in [1.29, 1.82) is 0 Å². The van der Waals surface area contributed by atoms with Gasteiger partial charge in [-0.3, -0.25) is 14.4 Å². The molecule has 0 aromatic carbocycles. The first-order valence-electron chi connectivity index (χ1n) is 21.1. The fourth-order valence-corrected chi connectivity index (χ4v) is 6.29. The van der Waals surface area contributed by atoms with Gasteiger partial charge in [0.05, 0.1) is 18.1 Å². The average molecular weight is 710 g/mol. The first-order chi connectivity index (χ1) is 24.3. The summed E-state index contributed by atoms with van der Waals surface area (Å²) in [5, 5.41) is 8.70. The van der Waals surface area contributed by atoms with Crippen LogP contribution in [0.15, 0.2) is 0 Å². The van der Waals surface area contributed by atoms with Crippen LogP contribution in [-0.4, -0.2) is 62.0 Å². The summed E-state index contributed by atoms with van der Waals surface area (Å²) in [5.41, 5.74) is 23.5. The molecule has 0 aromatic heterocycles. The van der Waals surface area contributed by atoms with Crippen molar-refractivity contribution in [3.8, 4) is 0 Å². The molecule has 0 aliphatic carbocycles. The highest BCUT2D eigenvalue weighted by atomic mass is 16.2. The normalized spacial score (nSPS) is 13.1. The summed E-state index contributed by atoms with van der Waals surface area (Å²) in [6, 6.07) is -1.60. The number of carbonyl (C=O) groups is 3. The van der Waals surface area contributed by atoms with Gasteiger partial charge in [0.15, 0.2) is 0 Å². The molecule has 0 radical (unpaired) electrons. The molecule has 0 bridgehead atoms. The van der Waals surface area contributed by atoms with Crippen LogP contribution in [0, 0.1) is 0 Å². The third-order valence-electron chi connectivity index (χ3n) is 9.79. The van der Waals surface area contributed by atoms with Crippen LogP contribution in [-0.2, 0) is 14.4 Å². The fourth-order valence-electron chi connectivity index (χ4n) is 6.29. The topological polar surface area (TPSA) is 191 Å². The van der Waals surface area contributed by atoms with Crippen LogP contribution in [0.1, 0.15) is 193 Å². The van der Waals surface area contributed by atoms with Gasteiger partial charge in [0.25, 0.3) is 0 Å². The lowest BCUT2D eigenvalue weighted by Gasteiger charge is -2.14. The van der Waals surface area contributed by atoms with Gasteiger partial charge in [-0.25, -0.2) is 0 Å². The highest BCUT2D eigenvalue weighted by Crippen LogP contribution is 2.15. The van der Waals surface area contributed by atoms with Crippen molar-refractivity contribution in [2.75, 3.05) is 26.2 Å². The predicted octanol–water partition coefficient (Wildman–Crippen LogP) is 6.61. The second kappa shape index (κ2) is 37.0. The fraction of sp³-hybridized carbons (Fsp3) is 0.925. The van der Waals surface area contributed by atoms with Crippen molar-refractivity contribution in [1.82, 2.24) is 16.0 Å². The van der Waals surface area contributed by atoms with Gasteiger partial charge in [0.2, 0.25) is 17.7 Å². The third kappa shape index (κ3) is 32.2. The summed E-state index contributed by atoms with van der Waals surface area (Å²) in [5.74, 6) is -0.404. The predicted molar refractivity (Wildman–Crippen MR) is 212 cm³/mol. The van der Waals surface area contributed by atoms with Crippen LogP contribution in [0.3, 0.4) is 0 Å². The van der Waals surface area contributed by atoms with Gasteiger partial charge in [-0.1, -0.05) is 135 Å². The van der Waals surface area contributed by atoms with E-state index in [1.807, 2.05) is 0 Å². The highest BCUT2D eigenvalue weighted by molar-refractivity contribution is 5.82. The Balaban J connectivity index is 3.52. The minimum atomic E-state index is -0.578. The molecular weight excluding hydrogens is 626 g/mol. The van der Waals surface area contributed by atoms with E-state index in [1.165, 1.54) is 116 Å². The summed E-state index contributed by atoms with van der Waals surface area (Å²) >= 11 is 0. The Labute approximate surface area is 307 Å². The molecule has 0 aromatic rings. The Kier molecular flexibility index (Phi) is 35.7. The van der Waals surface area contributed by atoms with Gasteiger partial charge in [-0.05, 0) is 64.3 Å². The molecule has 0 spiro atoms. The maximum absolute atomic E-state index is 12.3. The number of amides is 3. The van der Waals surface area contributed by atoms with Crippen molar-refractivity contribution in [2.45, 2.75) is 211 Å². The molecule has 11 N–H and O–H groups in total. The van der Waals surface area contributed by atoms with E-state index in [2.05, 4.69) is 22.9 Å². The highest BCUT2D eigenvalue weighted by Gasteiger charge is 2.15. The second-order valence-corrected chi connectivity index (χ2v) is 14.7. The first kappa shape index (κ1) is 48.2. The van der Waals surface area contributed by atoms with Gasteiger partial charge in [0.1, 0.15) is 0 Å². The summed E-state index contributed by atoms with van der Waals surface area (Å²) in [6.45, 7) is 4.61. The summed E-state index contributed by atoms with van der Waals surface area (Å²) in [4.78, 5) is 36.6. The average Bonchev–Trinajstić information content (AvgIpc) is 3.11. The molecule has 0 rings (SSSR count). The number of unbranched alkanes of at least 4 members (excludes halogenated alkanes) is 22. The maximum atomic E-state index is 12.3. The van der Waals surface area contributed by atoms with Gasteiger partial charge in [-0.15, -0.1) is 0 Å². The molecule has 3 atom stereocenters. The van der Waals surface area contributed by atoms with Crippen LogP contribution in [0.25, 0.3) is 0 Å². The number of rotatable bonds is 38. The van der Waals surface area contributed by atoms with Crippen LogP contribution in [0.4, 0.5) is 0 Å². The van der Waals surface area contributed by atoms with E-state index in [0.717, 1.165) is 51.4 Å². The minimum Gasteiger partial charge on any atom is -0.355 e. The summed E-state index contributed by atoms with van der Waals surface area (Å²) in [7, 11) is 0. The van der Waals surface area contributed by atoms with Crippen molar-refractivity contribution in [3.05, 3.63) is 0 Å². The molecular formula is C40H83N7O3. The van der Waals surface area contributed by atoms with Crippen LogP contribution in [0.5, 0.6) is 0 Å². The second-order valence-electron chi connectivity index (χ2n) is 14.7. The molecule has 0 fully saturated rings. The van der Waals surface area contributed by atoms with Crippen molar-refractivity contribution >= 4 is 17.7 Å². The largest absolute Gasteiger partial charge is 0.355 e. The Morgan fingerprint density at radius 1 is 0.380 bits per heavy atom. The van der Waals surface area contributed by atoms with Gasteiger partial charge in [-0.2, -0.15) is 0 Å². The van der Waals surface area contributed by atoms with E-state index in [-0.39, 0.29) is 17.7 Å². The van der Waals surface area contributed by atoms with E-state index in [1.54, 1.807) is 0 Å². The lowest BCUT2D eigenvalue weighted by atomic mass is 10.0. The number of nitrogens with two attached hydrogens (primary N) is 4. The Hall–Kier alpha value is -1.75. The van der Waals surface area contributed by atoms with Crippen molar-refractivity contribution < 1.29 is 14.4 Å². The molecule has 0 unspecified atom stereocenters. The summed E-state index contributed by atoms with van der Waals surface area (Å²) < 4.78 is 0. The number of hydrogen-bond acceptors (Lipinski definition) is 7. The molecule has 10 heteroatoms. The SMILES string of the molecule is CCCCCCCCCCCCCCCCCCCCCCNC(=O)[C@@H](N)CCCCNC(=O)[C@@H](N)CCCCNC(=O)[C@@H](N)CCCCN. The van der Waals surface area contributed by atoms with E-state index in [9.17, 15) is 14.4 Å². The van der Waals surface area contributed by atoms with Gasteiger partial charge < -0.3 is 38.9 Å². The summed E-state index contributed by atoms with van der Waals surface area (Å²) in [6.07, 6.45) is 33.7. The first-order valence-corrected chi connectivity index (χ1v) is 21.1. The van der Waals surface area contributed by atoms with Crippen LogP contribution in [0.2, 0.25) is 0 Å². The van der Waals surface area contributed by atoms with Gasteiger partial charge >= 0.3 is 0 Å². The monoisotopic (exact) mass is 710 g/mol. The van der Waals surface area contributed by atoms with Gasteiger partial charge in [0, 0.05) is 19.6 Å². The van der Waals surface area contributed by atoms with E-state index >= 15 is 0 Å². The number of nitrogens with one attached hydrogen (secondary N) is 3. The molecule has 10 nitrogen and oxygen atoms in total. The molecule has 0 saturated carbocycles. The lowest BCUT2D eigenvalue weighted by molar-refractivity contribution is -0.123. The Morgan fingerprint density at radius 3 is 0.900 bits per heavy atom. The van der Waals surface area contributed by atoms with E-state index in [0.29, 0.717) is 45.4 Å². The molecule has 0 aliphatic rings. The Bertz CT molecular complexity index is 786. The van der Waals surface area contributed by atoms with Crippen molar-refractivity contribution in [2.24, 2.45) is 22.9 Å². The molecule has 296 valence electrons. The third-order valence-corrected chi connectivity index (χ3v) is 9.79. The standard InChI is InChI=1S/C40H83N7O3/c1-2-3-4-5-6-7-8-9-10-11-12-13-14-15-16-17-18-19-20-25-32-45-39(49)36(43)29-22-27-34-47-40(50)37(44)30-23-26-33-46-38(48)35(42)28-21-24-31-41/h35-37H,2-34,41-44H2,1H3,(H,45,49)(H,46,48)(H,47,50)/t35-,36-,37-/m0/s1. The quantitative estimate of drug-likeness (QED) is 0.0351. The lowest BCUT2D eigenvalue weighted by Crippen LogP contribution is -2.42. The molecule has 3 amide bonds. The van der Waals surface area contributed by atoms with E-state index in [4.69, 9.17) is 22.9 Å². The molecule has 0 saturated heterocycles. The van der Waals surface area contributed by atoms with E-state index < -0.39 is 18.1 Å². The number of hydrogen-bond donors (Lipinski definition) is 7. The zero-order chi connectivity index (χ0) is 36.9. The molecule has 50 heavy (non-hydrogen) atoms. The molecule has 0 heterocycles. The zero-order valence-electron chi connectivity index (χ0n) is 32.6. The zero-order valence-corrected chi connectivity index (χ0v) is 32.6. The minimum absolute atomic E-state index is 0.0846. The number of carbonyl (C=O) groups excluding carboxylic acids is 3. The van der Waals surface area contributed by atoms with Crippen molar-refractivity contribution in [3.63, 3.8) is 0 Å². The van der Waals surface area contributed by atoms with Crippen LogP contribution >= 0.6 is 0 Å². The maximum Gasteiger partial charge on any atom is 0.236 e. The Morgan fingerprint density at radius 2 is 0.620 bits per heavy atom.